The number of fused-ring (bicyclic) bond motifs is 7. The van der Waals surface area contributed by atoms with Crippen LogP contribution in [-0.4, -0.2) is 65.7 Å². The zero-order valence-electron chi connectivity index (χ0n) is 21.3. The van der Waals surface area contributed by atoms with Crippen molar-refractivity contribution < 1.29 is 9.53 Å². The van der Waals surface area contributed by atoms with Crippen molar-refractivity contribution in [1.29, 1.82) is 0 Å². The zero-order valence-corrected chi connectivity index (χ0v) is 21.3. The number of amides is 1. The predicted octanol–water partition coefficient (Wildman–Crippen LogP) is 5.03. The number of nitrogens with zero attached hydrogens (tertiary/aromatic N) is 3. The topological polar surface area (TPSA) is 37.7 Å². The molecule has 4 aliphatic rings. The van der Waals surface area contributed by atoms with Gasteiger partial charge in [0.1, 0.15) is 0 Å². The number of aromatic nitrogens is 1. The Morgan fingerprint density at radius 3 is 2.97 bits per heavy atom. The van der Waals surface area contributed by atoms with Gasteiger partial charge in [0.15, 0.2) is 0 Å². The number of rotatable bonds is 7. The minimum Gasteiger partial charge on any atom is -0.383 e. The molecule has 4 atom stereocenters. The Morgan fingerprint density at radius 1 is 1.14 bits per heavy atom. The number of piperidine rings is 3. The lowest BCUT2D eigenvalue weighted by atomic mass is 9.68. The van der Waals surface area contributed by atoms with Gasteiger partial charge < -0.3 is 14.2 Å². The smallest absolute Gasteiger partial charge is 0.223 e. The van der Waals surface area contributed by atoms with Crippen molar-refractivity contribution in [2.24, 2.45) is 11.8 Å². The number of carbonyl (C=O) groups excluding carboxylic acids is 1. The molecule has 1 aromatic heterocycles. The molecule has 1 aliphatic carbocycles. The maximum Gasteiger partial charge on any atom is 0.223 e. The second-order valence-electron chi connectivity index (χ2n) is 11.3. The number of ether oxygens (including phenoxy) is 1. The SMILES string of the molecule is COCCn1cc(CCCC(=O)N2CCCC3=C[C@H]4C[C@@H](CN5CCCC[C@H]45)[C@@H]32)c2ccccc21. The third-order valence-corrected chi connectivity index (χ3v) is 9.22. The largest absolute Gasteiger partial charge is 0.383 e. The van der Waals surface area contributed by atoms with Crippen LogP contribution in [0, 0.1) is 11.8 Å². The Hall–Kier alpha value is -2.11. The molecule has 5 nitrogen and oxygen atoms in total. The molecule has 3 fully saturated rings. The average molecular weight is 476 g/mol. The van der Waals surface area contributed by atoms with Gasteiger partial charge in [0, 0.05) is 56.3 Å². The molecule has 2 aromatic rings. The van der Waals surface area contributed by atoms with Gasteiger partial charge in [0.05, 0.1) is 12.6 Å². The molecule has 35 heavy (non-hydrogen) atoms. The second-order valence-corrected chi connectivity index (χ2v) is 11.3. The van der Waals surface area contributed by atoms with Crippen LogP contribution in [0.3, 0.4) is 0 Å². The van der Waals surface area contributed by atoms with Crippen LogP contribution in [0.1, 0.15) is 56.9 Å². The van der Waals surface area contributed by atoms with E-state index >= 15 is 0 Å². The van der Waals surface area contributed by atoms with E-state index in [0.717, 1.165) is 44.3 Å². The lowest BCUT2D eigenvalue weighted by Gasteiger charge is -2.54. The number of methoxy groups -OCH3 is 1. The van der Waals surface area contributed by atoms with Gasteiger partial charge in [-0.2, -0.15) is 0 Å². The monoisotopic (exact) mass is 475 g/mol. The van der Waals surface area contributed by atoms with Crippen LogP contribution in [0.25, 0.3) is 10.9 Å². The van der Waals surface area contributed by atoms with Crippen molar-refractivity contribution in [3.63, 3.8) is 0 Å². The molecule has 5 heteroatoms. The van der Waals surface area contributed by atoms with Gasteiger partial charge in [-0.15, -0.1) is 0 Å². The first-order valence-electron chi connectivity index (χ1n) is 14.0. The van der Waals surface area contributed by atoms with E-state index in [-0.39, 0.29) is 0 Å². The molecule has 0 radical (unpaired) electrons. The summed E-state index contributed by atoms with van der Waals surface area (Å²) < 4.78 is 7.61. The van der Waals surface area contributed by atoms with Crippen molar-refractivity contribution in [3.05, 3.63) is 47.7 Å². The third-order valence-electron chi connectivity index (χ3n) is 9.22. The van der Waals surface area contributed by atoms with Crippen molar-refractivity contribution in [3.8, 4) is 0 Å². The van der Waals surface area contributed by atoms with Crippen LogP contribution in [0.5, 0.6) is 0 Å². The number of hydrogen-bond donors (Lipinski definition) is 0. The summed E-state index contributed by atoms with van der Waals surface area (Å²) >= 11 is 0. The number of carbonyl (C=O) groups is 1. The molecule has 1 amide bonds. The fourth-order valence-corrected chi connectivity index (χ4v) is 7.72. The molecular weight excluding hydrogens is 434 g/mol. The standard InChI is InChI=1S/C30H41N3O2/c1-35-17-16-32-20-23(26-10-2-3-12-28(26)32)8-6-13-29(34)33-15-7-9-22-18-24-19-25(30(22)33)21-31-14-5-4-11-27(24)31/h2-3,10,12,18,20,24-25,27,30H,4-9,11,13-17,19,21H2,1H3/t24-,25-,27+,30+/m0/s1. The van der Waals surface area contributed by atoms with Crippen LogP contribution < -0.4 is 0 Å². The summed E-state index contributed by atoms with van der Waals surface area (Å²) in [5, 5.41) is 1.32. The van der Waals surface area contributed by atoms with Crippen LogP contribution in [0.15, 0.2) is 42.1 Å². The molecule has 4 heterocycles. The van der Waals surface area contributed by atoms with Crippen molar-refractivity contribution in [1.82, 2.24) is 14.4 Å². The van der Waals surface area contributed by atoms with Crippen molar-refractivity contribution in [2.45, 2.75) is 76.4 Å². The summed E-state index contributed by atoms with van der Waals surface area (Å²) in [6.45, 7) is 4.99. The summed E-state index contributed by atoms with van der Waals surface area (Å²) in [5.74, 6) is 1.74. The normalized spacial score (nSPS) is 28.5. The number of likely N-dealkylation sites (tertiary alicyclic amines) is 1. The van der Waals surface area contributed by atoms with E-state index in [0.29, 0.717) is 30.9 Å². The average Bonchev–Trinajstić information content (AvgIpc) is 3.24. The maximum absolute atomic E-state index is 13.6. The molecule has 188 valence electrons. The Labute approximate surface area is 210 Å². The maximum atomic E-state index is 13.6. The first-order chi connectivity index (χ1) is 17.2. The van der Waals surface area contributed by atoms with Crippen LogP contribution in [0.4, 0.5) is 0 Å². The van der Waals surface area contributed by atoms with E-state index in [1.807, 2.05) is 0 Å². The van der Waals surface area contributed by atoms with Crippen LogP contribution in [0.2, 0.25) is 0 Å². The van der Waals surface area contributed by atoms with E-state index in [2.05, 4.69) is 50.9 Å². The third kappa shape index (κ3) is 4.46. The fourth-order valence-electron chi connectivity index (χ4n) is 7.72. The molecule has 3 aliphatic heterocycles. The highest BCUT2D eigenvalue weighted by Gasteiger charge is 2.46. The first-order valence-corrected chi connectivity index (χ1v) is 14.0. The number of benzene rings is 1. The molecule has 0 saturated carbocycles. The molecule has 1 aromatic carbocycles. The van der Waals surface area contributed by atoms with Gasteiger partial charge in [-0.25, -0.2) is 0 Å². The fraction of sp³-hybridized carbons (Fsp3) is 0.633. The van der Waals surface area contributed by atoms with E-state index in [1.165, 1.54) is 61.7 Å². The minimum absolute atomic E-state index is 0.367. The highest BCUT2D eigenvalue weighted by molar-refractivity contribution is 5.84. The first kappa shape index (κ1) is 23.3. The van der Waals surface area contributed by atoms with Crippen LogP contribution >= 0.6 is 0 Å². The molecular formula is C30H41N3O2. The number of aryl methyl sites for hydroxylation is 1. The minimum atomic E-state index is 0.367. The van der Waals surface area contributed by atoms with Crippen molar-refractivity contribution >= 4 is 16.8 Å². The molecule has 0 unspecified atom stereocenters. The highest BCUT2D eigenvalue weighted by Crippen LogP contribution is 2.45. The van der Waals surface area contributed by atoms with E-state index in [4.69, 9.17) is 4.74 Å². The molecule has 2 bridgehead atoms. The molecule has 3 saturated heterocycles. The van der Waals surface area contributed by atoms with E-state index in [1.54, 1.807) is 12.7 Å². The second kappa shape index (κ2) is 10.1. The van der Waals surface area contributed by atoms with Crippen molar-refractivity contribution in [2.75, 3.05) is 33.4 Å². The predicted molar refractivity (Wildman–Crippen MR) is 140 cm³/mol. The Morgan fingerprint density at radius 2 is 2.06 bits per heavy atom. The number of para-hydroxylation sites is 1. The van der Waals surface area contributed by atoms with Gasteiger partial charge in [0.25, 0.3) is 0 Å². The summed E-state index contributed by atoms with van der Waals surface area (Å²) in [7, 11) is 1.75. The van der Waals surface area contributed by atoms with Gasteiger partial charge in [-0.3, -0.25) is 9.69 Å². The number of hydrogen-bond acceptors (Lipinski definition) is 3. The van der Waals surface area contributed by atoms with Gasteiger partial charge >= 0.3 is 0 Å². The Kier molecular flexibility index (Phi) is 6.72. The Balaban J connectivity index is 1.13. The van der Waals surface area contributed by atoms with E-state index in [9.17, 15) is 4.79 Å². The Bertz CT molecular complexity index is 1090. The summed E-state index contributed by atoms with van der Waals surface area (Å²) in [6.07, 6.45) is 15.2. The quantitative estimate of drug-likeness (QED) is 0.527. The molecule has 6 rings (SSSR count). The van der Waals surface area contributed by atoms with Gasteiger partial charge in [-0.1, -0.05) is 36.3 Å². The van der Waals surface area contributed by atoms with Gasteiger partial charge in [-0.05, 0) is 75.0 Å². The zero-order chi connectivity index (χ0) is 23.8. The van der Waals surface area contributed by atoms with E-state index < -0.39 is 0 Å². The summed E-state index contributed by atoms with van der Waals surface area (Å²) in [6, 6.07) is 9.76. The lowest BCUT2D eigenvalue weighted by Crippen LogP contribution is -2.60. The highest BCUT2D eigenvalue weighted by atomic mass is 16.5. The molecule has 0 N–H and O–H groups in total. The van der Waals surface area contributed by atoms with Gasteiger partial charge in [0.2, 0.25) is 5.91 Å². The molecule has 0 spiro atoms. The summed E-state index contributed by atoms with van der Waals surface area (Å²) in [5.41, 5.74) is 4.21. The lowest BCUT2D eigenvalue weighted by molar-refractivity contribution is -0.136. The van der Waals surface area contributed by atoms with Crippen LogP contribution in [-0.2, 0) is 22.5 Å². The summed E-state index contributed by atoms with van der Waals surface area (Å²) in [4.78, 5) is 18.6.